The highest BCUT2D eigenvalue weighted by atomic mass is 16.5. The summed E-state index contributed by atoms with van der Waals surface area (Å²) < 4.78 is 10.4. The molecule has 0 bridgehead atoms. The first-order chi connectivity index (χ1) is 11.1. The van der Waals surface area contributed by atoms with Crippen LogP contribution in [0.4, 0.5) is 0 Å². The van der Waals surface area contributed by atoms with Gasteiger partial charge in [0.2, 0.25) is 5.91 Å². The van der Waals surface area contributed by atoms with Crippen molar-refractivity contribution >= 4 is 22.8 Å². The quantitative estimate of drug-likeness (QED) is 0.846. The molecule has 6 nitrogen and oxygen atoms in total. The van der Waals surface area contributed by atoms with E-state index in [1.807, 2.05) is 6.07 Å². The van der Waals surface area contributed by atoms with Gasteiger partial charge in [-0.1, -0.05) is 0 Å². The fourth-order valence-electron chi connectivity index (χ4n) is 3.04. The van der Waals surface area contributed by atoms with E-state index in [1.54, 1.807) is 6.26 Å². The minimum absolute atomic E-state index is 0.0687. The highest BCUT2D eigenvalue weighted by molar-refractivity contribution is 5.90. The van der Waals surface area contributed by atoms with Gasteiger partial charge in [0.25, 0.3) is 0 Å². The number of fused-ring (bicyclic) bond motifs is 2. The second-order valence-electron chi connectivity index (χ2n) is 5.82. The Morgan fingerprint density at radius 3 is 2.78 bits per heavy atom. The number of carbonyl (C=O) groups excluding carboxylic acids is 1. The van der Waals surface area contributed by atoms with Crippen LogP contribution in [0, 0.1) is 0 Å². The molecule has 2 aromatic rings. The van der Waals surface area contributed by atoms with E-state index in [4.69, 9.17) is 14.3 Å². The Kier molecular flexibility index (Phi) is 4.34. The van der Waals surface area contributed by atoms with Crippen LogP contribution in [0.15, 0.2) is 22.8 Å². The van der Waals surface area contributed by atoms with E-state index in [0.717, 1.165) is 35.8 Å². The van der Waals surface area contributed by atoms with Crippen LogP contribution in [0.3, 0.4) is 0 Å². The number of furan rings is 1. The molecule has 0 saturated carbocycles. The lowest BCUT2D eigenvalue weighted by Gasteiger charge is -2.13. The summed E-state index contributed by atoms with van der Waals surface area (Å²) in [6.45, 7) is -0.0687. The number of ether oxygens (including phenoxy) is 1. The molecule has 1 aromatic carbocycles. The van der Waals surface area contributed by atoms with Gasteiger partial charge in [-0.3, -0.25) is 4.79 Å². The normalized spacial score (nSPS) is 14.7. The van der Waals surface area contributed by atoms with Crippen LogP contribution >= 0.6 is 0 Å². The number of amides is 1. The van der Waals surface area contributed by atoms with Gasteiger partial charge in [0, 0.05) is 18.1 Å². The number of aryl methyl sites for hydroxylation is 2. The summed E-state index contributed by atoms with van der Waals surface area (Å²) in [6.07, 6.45) is 4.93. The van der Waals surface area contributed by atoms with Crippen molar-refractivity contribution in [3.8, 4) is 0 Å². The monoisotopic (exact) mass is 317 g/mol. The summed E-state index contributed by atoms with van der Waals surface area (Å²) >= 11 is 0. The van der Waals surface area contributed by atoms with E-state index in [0.29, 0.717) is 0 Å². The maximum absolute atomic E-state index is 12.1. The van der Waals surface area contributed by atoms with E-state index in [2.05, 4.69) is 11.4 Å². The van der Waals surface area contributed by atoms with Crippen LogP contribution in [0.1, 0.15) is 23.1 Å². The van der Waals surface area contributed by atoms with Crippen molar-refractivity contribution in [2.45, 2.75) is 31.7 Å². The second kappa shape index (κ2) is 6.42. The summed E-state index contributed by atoms with van der Waals surface area (Å²) in [5.74, 6) is -1.48. The van der Waals surface area contributed by atoms with Gasteiger partial charge in [-0.25, -0.2) is 4.79 Å². The number of carboxylic acids is 1. The van der Waals surface area contributed by atoms with Crippen molar-refractivity contribution in [3.05, 3.63) is 35.1 Å². The number of nitrogens with one attached hydrogen (secondary N) is 1. The highest BCUT2D eigenvalue weighted by Gasteiger charge is 2.21. The molecule has 0 spiro atoms. The van der Waals surface area contributed by atoms with Gasteiger partial charge >= 0.3 is 5.97 Å². The van der Waals surface area contributed by atoms with E-state index in [-0.39, 0.29) is 18.9 Å². The molecule has 2 N–H and O–H groups in total. The Labute approximate surface area is 133 Å². The van der Waals surface area contributed by atoms with Crippen molar-refractivity contribution in [3.63, 3.8) is 0 Å². The molecule has 3 rings (SSSR count). The largest absolute Gasteiger partial charge is 0.480 e. The van der Waals surface area contributed by atoms with Gasteiger partial charge in [-0.15, -0.1) is 0 Å². The topological polar surface area (TPSA) is 88.8 Å². The standard InChI is InChI=1S/C17H19NO5/c1-22-9-14(17(20)21)18-16(19)7-12-8-23-15-6-11-4-2-3-10(11)5-13(12)15/h5-6,8,14H,2-4,7,9H2,1H3,(H,18,19)(H,20,21). The van der Waals surface area contributed by atoms with Crippen LogP contribution in [-0.4, -0.2) is 36.7 Å². The lowest BCUT2D eigenvalue weighted by atomic mass is 10.0. The average Bonchev–Trinajstić information content (AvgIpc) is 3.11. The van der Waals surface area contributed by atoms with E-state index < -0.39 is 12.0 Å². The molecule has 1 aromatic heterocycles. The van der Waals surface area contributed by atoms with Gasteiger partial charge in [0.15, 0.2) is 6.04 Å². The predicted molar refractivity (Wildman–Crippen MR) is 83.4 cm³/mol. The van der Waals surface area contributed by atoms with Crippen molar-refractivity contribution < 1.29 is 23.8 Å². The Balaban J connectivity index is 1.76. The van der Waals surface area contributed by atoms with Crippen LogP contribution in [0.2, 0.25) is 0 Å². The number of hydrogen-bond acceptors (Lipinski definition) is 4. The molecule has 23 heavy (non-hydrogen) atoms. The zero-order chi connectivity index (χ0) is 16.4. The Hall–Kier alpha value is -2.34. The fourth-order valence-corrected chi connectivity index (χ4v) is 3.04. The summed E-state index contributed by atoms with van der Waals surface area (Å²) in [4.78, 5) is 23.2. The molecule has 6 heteroatoms. The number of benzene rings is 1. The molecule has 0 fully saturated rings. The highest BCUT2D eigenvalue weighted by Crippen LogP contribution is 2.30. The number of hydrogen-bond donors (Lipinski definition) is 2. The zero-order valence-corrected chi connectivity index (χ0v) is 12.9. The van der Waals surface area contributed by atoms with Crippen molar-refractivity contribution in [2.24, 2.45) is 0 Å². The van der Waals surface area contributed by atoms with Gasteiger partial charge in [-0.2, -0.15) is 0 Å². The number of carboxylic acid groups (broad SMARTS) is 1. The van der Waals surface area contributed by atoms with E-state index in [1.165, 1.54) is 18.2 Å². The Morgan fingerprint density at radius 1 is 1.35 bits per heavy atom. The molecule has 1 aliphatic rings. The van der Waals surface area contributed by atoms with Gasteiger partial charge in [0.1, 0.15) is 5.58 Å². The SMILES string of the molecule is COCC(NC(=O)Cc1coc2cc3c(cc12)CCC3)C(=O)O. The number of aliphatic carboxylic acids is 1. The van der Waals surface area contributed by atoms with Crippen LogP contribution < -0.4 is 5.32 Å². The third-order valence-corrected chi connectivity index (χ3v) is 4.19. The lowest BCUT2D eigenvalue weighted by molar-refractivity contribution is -0.143. The van der Waals surface area contributed by atoms with Crippen molar-refractivity contribution in [1.29, 1.82) is 0 Å². The number of carbonyl (C=O) groups is 2. The smallest absolute Gasteiger partial charge is 0.328 e. The van der Waals surface area contributed by atoms with Crippen LogP contribution in [-0.2, 0) is 33.6 Å². The second-order valence-corrected chi connectivity index (χ2v) is 5.82. The first-order valence-electron chi connectivity index (χ1n) is 7.61. The van der Waals surface area contributed by atoms with Gasteiger partial charge in [-0.05, 0) is 42.5 Å². The fraction of sp³-hybridized carbons (Fsp3) is 0.412. The third-order valence-electron chi connectivity index (χ3n) is 4.19. The van der Waals surface area contributed by atoms with Gasteiger partial charge in [0.05, 0.1) is 19.3 Å². The zero-order valence-electron chi connectivity index (χ0n) is 12.9. The minimum Gasteiger partial charge on any atom is -0.480 e. The van der Waals surface area contributed by atoms with Crippen LogP contribution in [0.5, 0.6) is 0 Å². The van der Waals surface area contributed by atoms with E-state index >= 15 is 0 Å². The molecule has 0 saturated heterocycles. The minimum atomic E-state index is -1.12. The molecular formula is C17H19NO5. The van der Waals surface area contributed by atoms with Gasteiger partial charge < -0.3 is 19.6 Å². The summed E-state index contributed by atoms with van der Waals surface area (Å²) in [6, 6.07) is 3.09. The average molecular weight is 317 g/mol. The third kappa shape index (κ3) is 3.22. The first-order valence-corrected chi connectivity index (χ1v) is 7.61. The molecule has 1 aliphatic carbocycles. The predicted octanol–water partition coefficient (Wildman–Crippen LogP) is 1.68. The Morgan fingerprint density at radius 2 is 2.09 bits per heavy atom. The number of methoxy groups -OCH3 is 1. The molecule has 1 amide bonds. The van der Waals surface area contributed by atoms with Crippen molar-refractivity contribution in [2.75, 3.05) is 13.7 Å². The maximum Gasteiger partial charge on any atom is 0.328 e. The molecule has 122 valence electrons. The molecule has 1 heterocycles. The summed E-state index contributed by atoms with van der Waals surface area (Å²) in [7, 11) is 1.40. The summed E-state index contributed by atoms with van der Waals surface area (Å²) in [5, 5.41) is 12.4. The van der Waals surface area contributed by atoms with Crippen molar-refractivity contribution in [1.82, 2.24) is 5.32 Å². The summed E-state index contributed by atoms with van der Waals surface area (Å²) in [5.41, 5.74) is 4.17. The molecule has 1 atom stereocenters. The molecule has 1 unspecified atom stereocenters. The first kappa shape index (κ1) is 15.6. The lowest BCUT2D eigenvalue weighted by Crippen LogP contribution is -2.44. The van der Waals surface area contributed by atoms with E-state index in [9.17, 15) is 9.59 Å². The molecule has 0 aliphatic heterocycles. The Bertz CT molecular complexity index is 749. The van der Waals surface area contributed by atoms with Crippen LogP contribution in [0.25, 0.3) is 11.0 Å². The molecular weight excluding hydrogens is 298 g/mol. The maximum atomic E-state index is 12.1. The molecule has 0 radical (unpaired) electrons. The number of rotatable bonds is 6.